The van der Waals surface area contributed by atoms with Crippen molar-refractivity contribution in [2.45, 2.75) is 63.6 Å². The fourth-order valence-corrected chi connectivity index (χ4v) is 4.06. The summed E-state index contributed by atoms with van der Waals surface area (Å²) in [6.45, 7) is 2.49. The van der Waals surface area contributed by atoms with E-state index in [9.17, 15) is 9.90 Å². The molecule has 0 unspecified atom stereocenters. The smallest absolute Gasteiger partial charge is 0.234 e. The minimum absolute atomic E-state index is 0.0384. The molecule has 1 aliphatic heterocycles. The van der Waals surface area contributed by atoms with Crippen LogP contribution in [-0.4, -0.2) is 59.7 Å². The number of pyridine rings is 1. The van der Waals surface area contributed by atoms with Crippen molar-refractivity contribution in [2.24, 2.45) is 0 Å². The molecule has 1 aliphatic carbocycles. The lowest BCUT2D eigenvalue weighted by atomic mass is 9.94. The first kappa shape index (κ1) is 19.1. The lowest BCUT2D eigenvalue weighted by Crippen LogP contribution is -2.42. The van der Waals surface area contributed by atoms with Crippen molar-refractivity contribution >= 4 is 11.7 Å². The number of nitrogens with zero attached hydrogens (tertiary/aromatic N) is 3. The highest BCUT2D eigenvalue weighted by atomic mass is 16.3. The Bertz CT molecular complexity index is 581. The van der Waals surface area contributed by atoms with E-state index in [4.69, 9.17) is 0 Å². The Labute approximate surface area is 156 Å². The number of nitrogens with one attached hydrogen (secondary N) is 1. The molecule has 6 heteroatoms. The molecule has 0 bridgehead atoms. The van der Waals surface area contributed by atoms with Crippen LogP contribution < -0.4 is 10.2 Å². The Hall–Kier alpha value is -1.66. The number of likely N-dealkylation sites (tertiary alicyclic amines) is 1. The van der Waals surface area contributed by atoms with Gasteiger partial charge in [-0.05, 0) is 31.7 Å². The van der Waals surface area contributed by atoms with E-state index in [1.807, 2.05) is 12.3 Å². The molecule has 2 heterocycles. The first-order chi connectivity index (χ1) is 12.6. The number of hydrogen-bond donors (Lipinski definition) is 2. The minimum atomic E-state index is -0.206. The molecule has 6 nitrogen and oxygen atoms in total. The summed E-state index contributed by atoms with van der Waals surface area (Å²) in [7, 11) is 2.13. The molecule has 144 valence electrons. The Morgan fingerprint density at radius 1 is 1.27 bits per heavy atom. The fourth-order valence-electron chi connectivity index (χ4n) is 4.06. The van der Waals surface area contributed by atoms with Gasteiger partial charge in [-0.2, -0.15) is 0 Å². The van der Waals surface area contributed by atoms with Gasteiger partial charge in [-0.15, -0.1) is 0 Å². The fraction of sp³-hybridized carbons (Fsp3) is 0.700. The normalized spacial score (nSPS) is 20.1. The number of hydrogen-bond acceptors (Lipinski definition) is 5. The van der Waals surface area contributed by atoms with Crippen molar-refractivity contribution < 1.29 is 9.90 Å². The molecule has 2 aliphatic rings. The van der Waals surface area contributed by atoms with E-state index in [2.05, 4.69) is 33.2 Å². The first-order valence-electron chi connectivity index (χ1n) is 9.97. The molecule has 26 heavy (non-hydrogen) atoms. The predicted octanol–water partition coefficient (Wildman–Crippen LogP) is 1.92. The van der Waals surface area contributed by atoms with Crippen LogP contribution in [0.2, 0.25) is 0 Å². The second-order valence-electron chi connectivity index (χ2n) is 7.67. The summed E-state index contributed by atoms with van der Waals surface area (Å²) in [6, 6.07) is 4.54. The van der Waals surface area contributed by atoms with Crippen LogP contribution in [0.25, 0.3) is 0 Å². The van der Waals surface area contributed by atoms with E-state index in [-0.39, 0.29) is 12.0 Å². The number of aliphatic hydroxyl groups is 1. The van der Waals surface area contributed by atoms with E-state index in [0.29, 0.717) is 19.1 Å². The van der Waals surface area contributed by atoms with Crippen LogP contribution in [0, 0.1) is 0 Å². The highest BCUT2D eigenvalue weighted by Crippen LogP contribution is 2.26. The Kier molecular flexibility index (Phi) is 6.86. The van der Waals surface area contributed by atoms with E-state index in [1.54, 1.807) is 0 Å². The van der Waals surface area contributed by atoms with Crippen LogP contribution in [0.4, 0.5) is 5.82 Å². The maximum atomic E-state index is 12.3. The second kappa shape index (κ2) is 9.33. The number of piperidine rings is 1. The predicted molar refractivity (Wildman–Crippen MR) is 103 cm³/mol. The molecular weight excluding hydrogens is 328 g/mol. The van der Waals surface area contributed by atoms with Crippen LogP contribution in [0.5, 0.6) is 0 Å². The highest BCUT2D eigenvalue weighted by Gasteiger charge is 2.22. The van der Waals surface area contributed by atoms with Crippen LogP contribution in [0.3, 0.4) is 0 Å². The lowest BCUT2D eigenvalue weighted by Gasteiger charge is -2.33. The zero-order chi connectivity index (χ0) is 18.4. The van der Waals surface area contributed by atoms with E-state index < -0.39 is 0 Å². The van der Waals surface area contributed by atoms with E-state index >= 15 is 0 Å². The summed E-state index contributed by atoms with van der Waals surface area (Å²) in [6.07, 6.45) is 9.50. The average Bonchev–Trinajstić information content (AvgIpc) is 2.68. The number of anilines is 1. The Balaban J connectivity index is 1.53. The van der Waals surface area contributed by atoms with Gasteiger partial charge in [-0.3, -0.25) is 9.69 Å². The topological polar surface area (TPSA) is 68.7 Å². The van der Waals surface area contributed by atoms with Gasteiger partial charge >= 0.3 is 0 Å². The highest BCUT2D eigenvalue weighted by molar-refractivity contribution is 5.78. The van der Waals surface area contributed by atoms with Crippen molar-refractivity contribution in [2.75, 3.05) is 31.6 Å². The van der Waals surface area contributed by atoms with Gasteiger partial charge in [-0.25, -0.2) is 4.98 Å². The number of carbonyl (C=O) groups is 1. The van der Waals surface area contributed by atoms with Crippen LogP contribution in [0.1, 0.15) is 50.5 Å². The molecule has 0 radical (unpaired) electrons. The van der Waals surface area contributed by atoms with Crippen molar-refractivity contribution in [1.82, 2.24) is 15.2 Å². The standard InChI is InChI=1S/C20H32N4O2/c1-23(17-7-3-2-4-8-17)20-16(6-5-11-21-20)14-22-19(26)15-24-12-9-18(25)10-13-24/h5-6,11,17-18,25H,2-4,7-10,12-15H2,1H3,(H,22,26). The monoisotopic (exact) mass is 360 g/mol. The number of amides is 1. The minimum Gasteiger partial charge on any atom is -0.393 e. The molecule has 0 spiro atoms. The van der Waals surface area contributed by atoms with Crippen molar-refractivity contribution in [3.8, 4) is 0 Å². The van der Waals surface area contributed by atoms with Crippen molar-refractivity contribution in [3.63, 3.8) is 0 Å². The molecule has 0 aromatic carbocycles. The summed E-state index contributed by atoms with van der Waals surface area (Å²) >= 11 is 0. The van der Waals surface area contributed by atoms with E-state index in [1.165, 1.54) is 32.1 Å². The van der Waals surface area contributed by atoms with Gasteiger partial charge < -0.3 is 15.3 Å². The molecule has 2 fully saturated rings. The van der Waals surface area contributed by atoms with Gasteiger partial charge in [0.05, 0.1) is 12.6 Å². The molecule has 3 rings (SSSR count). The van der Waals surface area contributed by atoms with Gasteiger partial charge in [0.1, 0.15) is 5.82 Å². The first-order valence-corrected chi connectivity index (χ1v) is 9.97. The number of aliphatic hydroxyl groups excluding tert-OH is 1. The zero-order valence-electron chi connectivity index (χ0n) is 15.9. The number of rotatable bonds is 6. The quantitative estimate of drug-likeness (QED) is 0.811. The second-order valence-corrected chi connectivity index (χ2v) is 7.67. The molecule has 1 saturated heterocycles. The molecule has 2 N–H and O–H groups in total. The lowest BCUT2D eigenvalue weighted by molar-refractivity contribution is -0.122. The maximum absolute atomic E-state index is 12.3. The Morgan fingerprint density at radius 2 is 2.00 bits per heavy atom. The molecular formula is C20H32N4O2. The largest absolute Gasteiger partial charge is 0.393 e. The molecule has 1 saturated carbocycles. The van der Waals surface area contributed by atoms with Gasteiger partial charge in [0.15, 0.2) is 0 Å². The SMILES string of the molecule is CN(c1ncccc1CNC(=O)CN1CCC(O)CC1)C1CCCCC1. The van der Waals surface area contributed by atoms with Crippen LogP contribution in [0.15, 0.2) is 18.3 Å². The van der Waals surface area contributed by atoms with Gasteiger partial charge in [0.25, 0.3) is 0 Å². The molecule has 1 aromatic rings. The number of aromatic nitrogens is 1. The zero-order valence-corrected chi connectivity index (χ0v) is 15.9. The molecule has 1 amide bonds. The third-order valence-electron chi connectivity index (χ3n) is 5.72. The van der Waals surface area contributed by atoms with Gasteiger partial charge in [0, 0.05) is 44.5 Å². The summed E-state index contributed by atoms with van der Waals surface area (Å²) in [5.74, 6) is 1.03. The van der Waals surface area contributed by atoms with Crippen molar-refractivity contribution in [3.05, 3.63) is 23.9 Å². The molecule has 1 aromatic heterocycles. The number of carbonyl (C=O) groups excluding carboxylic acids is 1. The summed E-state index contributed by atoms with van der Waals surface area (Å²) in [5.41, 5.74) is 1.07. The van der Waals surface area contributed by atoms with Gasteiger partial charge in [0.2, 0.25) is 5.91 Å². The summed E-state index contributed by atoms with van der Waals surface area (Å²) in [4.78, 5) is 21.3. The summed E-state index contributed by atoms with van der Waals surface area (Å²) in [5, 5.41) is 12.6. The Morgan fingerprint density at radius 3 is 2.73 bits per heavy atom. The molecule has 0 atom stereocenters. The third kappa shape index (κ3) is 5.17. The van der Waals surface area contributed by atoms with Crippen molar-refractivity contribution in [1.29, 1.82) is 0 Å². The van der Waals surface area contributed by atoms with Gasteiger partial charge in [-0.1, -0.05) is 25.3 Å². The van der Waals surface area contributed by atoms with E-state index in [0.717, 1.165) is 37.3 Å². The average molecular weight is 361 g/mol. The van der Waals surface area contributed by atoms with Crippen LogP contribution in [-0.2, 0) is 11.3 Å². The van der Waals surface area contributed by atoms with Crippen LogP contribution >= 0.6 is 0 Å². The summed E-state index contributed by atoms with van der Waals surface area (Å²) < 4.78 is 0. The maximum Gasteiger partial charge on any atom is 0.234 e. The third-order valence-corrected chi connectivity index (χ3v) is 5.72.